The average Bonchev–Trinajstić information content (AvgIpc) is 2.35. The van der Waals surface area contributed by atoms with E-state index in [-0.39, 0.29) is 6.04 Å². The van der Waals surface area contributed by atoms with E-state index >= 15 is 0 Å². The zero-order valence-corrected chi connectivity index (χ0v) is 12.0. The molecule has 0 aliphatic carbocycles. The summed E-state index contributed by atoms with van der Waals surface area (Å²) >= 11 is 3.44. The van der Waals surface area contributed by atoms with Crippen molar-refractivity contribution in [3.05, 3.63) is 34.3 Å². The quantitative estimate of drug-likeness (QED) is 0.601. The Bertz CT molecular complexity index is 316. The second-order valence-corrected chi connectivity index (χ2v) is 5.28. The van der Waals surface area contributed by atoms with Crippen molar-refractivity contribution in [1.82, 2.24) is 5.43 Å². The number of nitrogens with two attached hydrogens (primary N) is 1. The molecule has 0 bridgehead atoms. The van der Waals surface area contributed by atoms with Gasteiger partial charge in [0.2, 0.25) is 0 Å². The van der Waals surface area contributed by atoms with Gasteiger partial charge in [0.15, 0.2) is 0 Å². The summed E-state index contributed by atoms with van der Waals surface area (Å²) in [4.78, 5) is 0. The highest BCUT2D eigenvalue weighted by Crippen LogP contribution is 2.16. The number of methoxy groups -OCH3 is 1. The lowest BCUT2D eigenvalue weighted by Crippen LogP contribution is -2.41. The van der Waals surface area contributed by atoms with Crippen molar-refractivity contribution in [2.24, 2.45) is 11.8 Å². The standard InChI is InChI=1S/C13H21BrN2O/c1-10(7-8-17-2)13(16-15)9-11-3-5-12(14)6-4-11/h3-6,10,13,16H,7-9,15H2,1-2H3. The largest absolute Gasteiger partial charge is 0.385 e. The van der Waals surface area contributed by atoms with Crippen molar-refractivity contribution < 1.29 is 4.74 Å². The van der Waals surface area contributed by atoms with Gasteiger partial charge in [-0.15, -0.1) is 0 Å². The van der Waals surface area contributed by atoms with Crippen LogP contribution in [0, 0.1) is 5.92 Å². The van der Waals surface area contributed by atoms with Crippen molar-refractivity contribution in [3.8, 4) is 0 Å². The van der Waals surface area contributed by atoms with E-state index in [0.29, 0.717) is 5.92 Å². The summed E-state index contributed by atoms with van der Waals surface area (Å²) in [6, 6.07) is 8.65. The average molecular weight is 301 g/mol. The molecule has 0 aliphatic heterocycles. The van der Waals surface area contributed by atoms with Crippen LogP contribution in [0.1, 0.15) is 18.9 Å². The number of hydrogen-bond acceptors (Lipinski definition) is 3. The van der Waals surface area contributed by atoms with Gasteiger partial charge in [0.25, 0.3) is 0 Å². The molecular formula is C13H21BrN2O. The van der Waals surface area contributed by atoms with Crippen LogP contribution in [-0.4, -0.2) is 19.8 Å². The summed E-state index contributed by atoms with van der Waals surface area (Å²) < 4.78 is 6.20. The first-order valence-electron chi connectivity index (χ1n) is 5.87. The maximum absolute atomic E-state index is 5.62. The lowest BCUT2D eigenvalue weighted by Gasteiger charge is -2.23. The molecular weight excluding hydrogens is 280 g/mol. The predicted molar refractivity (Wildman–Crippen MR) is 74.6 cm³/mol. The van der Waals surface area contributed by atoms with Crippen LogP contribution in [0.3, 0.4) is 0 Å². The van der Waals surface area contributed by atoms with Crippen LogP contribution >= 0.6 is 15.9 Å². The normalized spacial score (nSPS) is 14.6. The summed E-state index contributed by atoms with van der Waals surface area (Å²) in [5, 5.41) is 0. The maximum Gasteiger partial charge on any atom is 0.0465 e. The molecule has 0 saturated carbocycles. The Morgan fingerprint density at radius 1 is 1.35 bits per heavy atom. The fraction of sp³-hybridized carbons (Fsp3) is 0.538. The maximum atomic E-state index is 5.62. The van der Waals surface area contributed by atoms with Gasteiger partial charge >= 0.3 is 0 Å². The minimum atomic E-state index is 0.284. The lowest BCUT2D eigenvalue weighted by molar-refractivity contribution is 0.170. The van der Waals surface area contributed by atoms with Gasteiger partial charge in [-0.3, -0.25) is 11.3 Å². The first-order chi connectivity index (χ1) is 8.17. The molecule has 0 fully saturated rings. The third-order valence-corrected chi connectivity index (χ3v) is 3.58. The molecule has 1 aromatic carbocycles. The third kappa shape index (κ3) is 5.17. The molecule has 1 rings (SSSR count). The van der Waals surface area contributed by atoms with E-state index in [9.17, 15) is 0 Å². The zero-order valence-electron chi connectivity index (χ0n) is 10.4. The monoisotopic (exact) mass is 300 g/mol. The highest BCUT2D eigenvalue weighted by molar-refractivity contribution is 9.10. The number of benzene rings is 1. The van der Waals surface area contributed by atoms with E-state index in [0.717, 1.165) is 23.9 Å². The predicted octanol–water partition coefficient (Wildman–Crippen LogP) is 2.50. The van der Waals surface area contributed by atoms with E-state index in [1.54, 1.807) is 7.11 Å². The van der Waals surface area contributed by atoms with Gasteiger partial charge in [-0.2, -0.15) is 0 Å². The molecule has 3 N–H and O–H groups in total. The first kappa shape index (κ1) is 14.6. The lowest BCUT2D eigenvalue weighted by atomic mass is 9.93. The van der Waals surface area contributed by atoms with Crippen LogP contribution < -0.4 is 11.3 Å². The number of hydrazine groups is 1. The van der Waals surface area contributed by atoms with Crippen LogP contribution in [0.2, 0.25) is 0 Å². The Kier molecular flexibility index (Phi) is 6.73. The summed E-state index contributed by atoms with van der Waals surface area (Å²) in [5.74, 6) is 6.11. The smallest absolute Gasteiger partial charge is 0.0465 e. The van der Waals surface area contributed by atoms with Crippen LogP contribution in [0.15, 0.2) is 28.7 Å². The molecule has 0 saturated heterocycles. The van der Waals surface area contributed by atoms with E-state index in [4.69, 9.17) is 10.6 Å². The minimum Gasteiger partial charge on any atom is -0.385 e. The molecule has 2 unspecified atom stereocenters. The van der Waals surface area contributed by atoms with Crippen molar-refractivity contribution in [2.45, 2.75) is 25.8 Å². The van der Waals surface area contributed by atoms with Gasteiger partial charge in [0.1, 0.15) is 0 Å². The Hall–Kier alpha value is -0.420. The van der Waals surface area contributed by atoms with Crippen molar-refractivity contribution in [3.63, 3.8) is 0 Å². The molecule has 0 amide bonds. The molecule has 4 heteroatoms. The van der Waals surface area contributed by atoms with Crippen LogP contribution in [-0.2, 0) is 11.2 Å². The molecule has 1 aromatic rings. The van der Waals surface area contributed by atoms with Crippen molar-refractivity contribution in [2.75, 3.05) is 13.7 Å². The van der Waals surface area contributed by atoms with Gasteiger partial charge in [-0.25, -0.2) is 0 Å². The SMILES string of the molecule is COCCC(C)C(Cc1ccc(Br)cc1)NN. The second-order valence-electron chi connectivity index (χ2n) is 4.36. The summed E-state index contributed by atoms with van der Waals surface area (Å²) in [6.45, 7) is 2.97. The summed E-state index contributed by atoms with van der Waals surface area (Å²) in [6.07, 6.45) is 1.95. The first-order valence-corrected chi connectivity index (χ1v) is 6.66. The van der Waals surface area contributed by atoms with E-state index in [1.165, 1.54) is 5.56 Å². The highest BCUT2D eigenvalue weighted by Gasteiger charge is 2.15. The number of ether oxygens (including phenoxy) is 1. The molecule has 0 spiro atoms. The van der Waals surface area contributed by atoms with E-state index in [2.05, 4.69) is 52.5 Å². The number of rotatable bonds is 7. The van der Waals surface area contributed by atoms with E-state index < -0.39 is 0 Å². The summed E-state index contributed by atoms with van der Waals surface area (Å²) in [5.41, 5.74) is 4.20. The number of halogens is 1. The van der Waals surface area contributed by atoms with Crippen LogP contribution in [0.25, 0.3) is 0 Å². The minimum absolute atomic E-state index is 0.284. The second kappa shape index (κ2) is 7.82. The van der Waals surface area contributed by atoms with Crippen molar-refractivity contribution >= 4 is 15.9 Å². The Morgan fingerprint density at radius 3 is 2.53 bits per heavy atom. The number of hydrogen-bond donors (Lipinski definition) is 2. The molecule has 0 aromatic heterocycles. The molecule has 0 heterocycles. The molecule has 2 atom stereocenters. The summed E-state index contributed by atoms with van der Waals surface area (Å²) in [7, 11) is 1.73. The van der Waals surface area contributed by atoms with Gasteiger partial charge in [0.05, 0.1) is 0 Å². The van der Waals surface area contributed by atoms with Crippen LogP contribution in [0.5, 0.6) is 0 Å². The van der Waals surface area contributed by atoms with Gasteiger partial charge in [-0.1, -0.05) is 35.0 Å². The van der Waals surface area contributed by atoms with Crippen LogP contribution in [0.4, 0.5) is 0 Å². The van der Waals surface area contributed by atoms with Gasteiger partial charge in [-0.05, 0) is 36.5 Å². The topological polar surface area (TPSA) is 47.3 Å². The molecule has 0 aliphatic rings. The highest BCUT2D eigenvalue weighted by atomic mass is 79.9. The molecule has 96 valence electrons. The molecule has 0 radical (unpaired) electrons. The zero-order chi connectivity index (χ0) is 12.7. The Morgan fingerprint density at radius 2 is 2.00 bits per heavy atom. The molecule has 17 heavy (non-hydrogen) atoms. The Labute approximate surface area is 112 Å². The third-order valence-electron chi connectivity index (χ3n) is 3.05. The fourth-order valence-electron chi connectivity index (χ4n) is 1.80. The van der Waals surface area contributed by atoms with Crippen molar-refractivity contribution in [1.29, 1.82) is 0 Å². The Balaban J connectivity index is 2.53. The number of nitrogens with one attached hydrogen (secondary N) is 1. The van der Waals surface area contributed by atoms with Gasteiger partial charge < -0.3 is 4.74 Å². The van der Waals surface area contributed by atoms with Gasteiger partial charge in [0, 0.05) is 24.2 Å². The fourth-order valence-corrected chi connectivity index (χ4v) is 2.07. The molecule has 3 nitrogen and oxygen atoms in total. The van der Waals surface area contributed by atoms with E-state index in [1.807, 2.05) is 0 Å².